The Kier molecular flexibility index (Phi) is 21.8. The number of allylic oxidation sites excluding steroid dienone is 2. The van der Waals surface area contributed by atoms with E-state index < -0.39 is 6.10 Å². The Labute approximate surface area is 168 Å². The second-order valence-corrected chi connectivity index (χ2v) is 7.33. The summed E-state index contributed by atoms with van der Waals surface area (Å²) < 4.78 is 0. The van der Waals surface area contributed by atoms with Gasteiger partial charge in [-0.2, -0.15) is 0 Å². The van der Waals surface area contributed by atoms with E-state index in [0.717, 1.165) is 12.8 Å². The summed E-state index contributed by atoms with van der Waals surface area (Å²) in [6, 6.07) is 0. The predicted octanol–water partition coefficient (Wildman–Crippen LogP) is 6.16. The van der Waals surface area contributed by atoms with Gasteiger partial charge in [-0.25, -0.2) is 0 Å². The highest BCUT2D eigenvalue weighted by atomic mass is 16.3. The first-order valence-corrected chi connectivity index (χ1v) is 11.2. The molecule has 2 nitrogen and oxygen atoms in total. The van der Waals surface area contributed by atoms with Crippen LogP contribution in [0.3, 0.4) is 0 Å². The van der Waals surface area contributed by atoms with Crippen molar-refractivity contribution in [1.82, 2.24) is 0 Å². The molecule has 0 spiro atoms. The van der Waals surface area contributed by atoms with Gasteiger partial charge < -0.3 is 10.2 Å². The molecule has 0 aliphatic carbocycles. The zero-order valence-corrected chi connectivity index (χ0v) is 17.6. The van der Waals surface area contributed by atoms with Crippen molar-refractivity contribution in [2.75, 3.05) is 6.61 Å². The molecule has 0 rings (SSSR count). The Hall–Kier alpha value is -1.22. The molecule has 27 heavy (non-hydrogen) atoms. The van der Waals surface area contributed by atoms with Crippen molar-refractivity contribution in [3.63, 3.8) is 0 Å². The lowest BCUT2D eigenvalue weighted by molar-refractivity contribution is 0.217. The van der Waals surface area contributed by atoms with Crippen LogP contribution >= 0.6 is 0 Å². The minimum absolute atomic E-state index is 0.180. The van der Waals surface area contributed by atoms with Gasteiger partial charge in [0, 0.05) is 0 Å². The first-order valence-electron chi connectivity index (χ1n) is 11.2. The van der Waals surface area contributed by atoms with Crippen molar-refractivity contribution in [2.24, 2.45) is 0 Å². The molecule has 154 valence electrons. The summed E-state index contributed by atoms with van der Waals surface area (Å²) in [6.07, 6.45) is 24.4. The van der Waals surface area contributed by atoms with E-state index in [1.165, 1.54) is 89.9 Å². The van der Waals surface area contributed by atoms with Crippen molar-refractivity contribution in [3.05, 3.63) is 12.2 Å². The van der Waals surface area contributed by atoms with Crippen LogP contribution in [0.5, 0.6) is 0 Å². The highest BCUT2D eigenvalue weighted by Crippen LogP contribution is 2.11. The van der Waals surface area contributed by atoms with E-state index in [0.29, 0.717) is 0 Å². The monoisotopic (exact) mass is 374 g/mol. The van der Waals surface area contributed by atoms with Gasteiger partial charge >= 0.3 is 0 Å². The van der Waals surface area contributed by atoms with Crippen LogP contribution < -0.4 is 0 Å². The van der Waals surface area contributed by atoms with Gasteiger partial charge in [0.25, 0.3) is 0 Å². The summed E-state index contributed by atoms with van der Waals surface area (Å²) >= 11 is 0. The van der Waals surface area contributed by atoms with Crippen LogP contribution in [0.15, 0.2) is 12.2 Å². The van der Waals surface area contributed by atoms with Crippen molar-refractivity contribution < 1.29 is 10.2 Å². The normalized spacial score (nSPS) is 11.7. The second-order valence-electron chi connectivity index (χ2n) is 7.33. The van der Waals surface area contributed by atoms with Crippen molar-refractivity contribution in [2.45, 2.75) is 116 Å². The van der Waals surface area contributed by atoms with E-state index in [2.05, 4.69) is 42.8 Å². The molecule has 2 N–H and O–H groups in total. The maximum absolute atomic E-state index is 9.66. The molecule has 2 heteroatoms. The Morgan fingerprint density at radius 3 is 1.78 bits per heavy atom. The average molecular weight is 375 g/mol. The summed E-state index contributed by atoms with van der Waals surface area (Å²) in [5, 5.41) is 18.2. The molecular formula is C25H42O2. The van der Waals surface area contributed by atoms with E-state index in [4.69, 9.17) is 5.11 Å². The molecule has 0 bridgehead atoms. The van der Waals surface area contributed by atoms with Crippen LogP contribution in [0.4, 0.5) is 0 Å². The minimum Gasteiger partial charge on any atom is -0.384 e. The highest BCUT2D eigenvalue weighted by Gasteiger charge is 1.98. The van der Waals surface area contributed by atoms with Gasteiger partial charge in [0.05, 0.1) is 0 Å². The summed E-state index contributed by atoms with van der Waals surface area (Å²) in [5.74, 6) is 10.2. The maximum Gasteiger partial charge on any atom is 0.115 e. The van der Waals surface area contributed by atoms with E-state index in [9.17, 15) is 5.11 Å². The zero-order chi connectivity index (χ0) is 19.8. The number of hydrogen-bond acceptors (Lipinski definition) is 2. The van der Waals surface area contributed by atoms with Gasteiger partial charge in [0.2, 0.25) is 0 Å². The van der Waals surface area contributed by atoms with Gasteiger partial charge in [0.1, 0.15) is 12.7 Å². The molecule has 0 aromatic carbocycles. The molecule has 0 saturated heterocycles. The lowest BCUT2D eigenvalue weighted by atomic mass is 10.1. The van der Waals surface area contributed by atoms with Crippen LogP contribution in [0.2, 0.25) is 0 Å². The van der Waals surface area contributed by atoms with Gasteiger partial charge in [-0.3, -0.25) is 0 Å². The summed E-state index contributed by atoms with van der Waals surface area (Å²) in [6.45, 7) is 2.09. The number of aliphatic hydroxyl groups excluding tert-OH is 2. The maximum atomic E-state index is 9.66. The molecule has 0 fully saturated rings. The Balaban J connectivity index is 3.26. The third kappa shape index (κ3) is 22.7. The lowest BCUT2D eigenvalue weighted by Gasteiger charge is -2.03. The van der Waals surface area contributed by atoms with E-state index in [1.807, 2.05) is 0 Å². The van der Waals surface area contributed by atoms with Crippen molar-refractivity contribution >= 4 is 0 Å². The standard InChI is InChI=1S/C25H42O2/c1-2-3-4-5-6-7-8-9-10-11-12-13-14-15-16-17-19-22-25(27)23-20-18-21-24-26/h9-10,25-27H,2-8,11-17,19,22,24H2,1H3/t25-/m1/s1. The molecule has 0 radical (unpaired) electrons. The highest BCUT2D eigenvalue weighted by molar-refractivity contribution is 5.27. The predicted molar refractivity (Wildman–Crippen MR) is 117 cm³/mol. The lowest BCUT2D eigenvalue weighted by Crippen LogP contribution is -2.01. The van der Waals surface area contributed by atoms with Gasteiger partial charge in [-0.1, -0.05) is 95.1 Å². The average Bonchev–Trinajstić information content (AvgIpc) is 2.67. The number of hydrogen-bond donors (Lipinski definition) is 2. The molecule has 0 aromatic rings. The third-order valence-electron chi connectivity index (χ3n) is 4.71. The molecule has 0 aromatic heterocycles. The molecule has 0 aliphatic heterocycles. The largest absolute Gasteiger partial charge is 0.384 e. The fraction of sp³-hybridized carbons (Fsp3) is 0.760. The molecule has 1 atom stereocenters. The molecule has 0 aliphatic rings. The molecule has 0 heterocycles. The third-order valence-corrected chi connectivity index (χ3v) is 4.71. The fourth-order valence-electron chi connectivity index (χ4n) is 3.04. The Bertz CT molecular complexity index is 444. The van der Waals surface area contributed by atoms with E-state index in [1.54, 1.807) is 0 Å². The zero-order valence-electron chi connectivity index (χ0n) is 17.6. The summed E-state index contributed by atoms with van der Waals surface area (Å²) in [5.41, 5.74) is 0. The first kappa shape index (κ1) is 25.8. The SMILES string of the molecule is CCCCCCCCC=CCCCCCCCCC[C@@H](O)C#CC#CCO. The number of unbranched alkanes of at least 4 members (excludes halogenated alkanes) is 13. The Morgan fingerprint density at radius 1 is 0.704 bits per heavy atom. The first-order chi connectivity index (χ1) is 13.3. The van der Waals surface area contributed by atoms with Crippen LogP contribution in [0.25, 0.3) is 0 Å². The van der Waals surface area contributed by atoms with E-state index >= 15 is 0 Å². The fourth-order valence-corrected chi connectivity index (χ4v) is 3.04. The number of rotatable bonds is 17. The summed E-state index contributed by atoms with van der Waals surface area (Å²) in [7, 11) is 0. The molecule has 0 unspecified atom stereocenters. The van der Waals surface area contributed by atoms with Crippen LogP contribution in [0, 0.1) is 23.7 Å². The van der Waals surface area contributed by atoms with Gasteiger partial charge in [-0.05, 0) is 50.4 Å². The Morgan fingerprint density at radius 2 is 1.22 bits per heavy atom. The smallest absolute Gasteiger partial charge is 0.115 e. The van der Waals surface area contributed by atoms with Crippen molar-refractivity contribution in [1.29, 1.82) is 0 Å². The number of aliphatic hydroxyl groups is 2. The van der Waals surface area contributed by atoms with Crippen LogP contribution in [-0.4, -0.2) is 22.9 Å². The van der Waals surface area contributed by atoms with Gasteiger partial charge in [0.15, 0.2) is 0 Å². The topological polar surface area (TPSA) is 40.5 Å². The quantitative estimate of drug-likeness (QED) is 0.182. The van der Waals surface area contributed by atoms with Crippen LogP contribution in [-0.2, 0) is 0 Å². The van der Waals surface area contributed by atoms with E-state index in [-0.39, 0.29) is 6.61 Å². The van der Waals surface area contributed by atoms with Gasteiger partial charge in [-0.15, -0.1) is 0 Å². The second kappa shape index (κ2) is 22.8. The molecule has 0 amide bonds. The van der Waals surface area contributed by atoms with Crippen LogP contribution in [0.1, 0.15) is 110 Å². The summed E-state index contributed by atoms with van der Waals surface area (Å²) in [4.78, 5) is 0. The molecule has 0 saturated carbocycles. The molecular weight excluding hydrogens is 332 g/mol. The minimum atomic E-state index is -0.582. The van der Waals surface area contributed by atoms with Crippen molar-refractivity contribution in [3.8, 4) is 23.7 Å².